The van der Waals surface area contributed by atoms with E-state index < -0.39 is 6.04 Å². The molecule has 2 rings (SSSR count). The van der Waals surface area contributed by atoms with Gasteiger partial charge in [0.05, 0.1) is 16.5 Å². The summed E-state index contributed by atoms with van der Waals surface area (Å²) in [5.74, 6) is 0.0410. The molecule has 0 saturated heterocycles. The molecule has 28 heavy (non-hydrogen) atoms. The molecule has 6 heteroatoms. The van der Waals surface area contributed by atoms with E-state index in [2.05, 4.69) is 5.32 Å². The number of hydrogen-bond acceptors (Lipinski definition) is 2. The summed E-state index contributed by atoms with van der Waals surface area (Å²) in [7, 11) is 0. The van der Waals surface area contributed by atoms with Gasteiger partial charge in [0.15, 0.2) is 0 Å². The van der Waals surface area contributed by atoms with Crippen LogP contribution in [0.3, 0.4) is 0 Å². The van der Waals surface area contributed by atoms with Crippen molar-refractivity contribution in [2.24, 2.45) is 5.92 Å². The number of benzene rings is 2. The van der Waals surface area contributed by atoms with E-state index in [4.69, 9.17) is 23.2 Å². The summed E-state index contributed by atoms with van der Waals surface area (Å²) in [6.07, 6.45) is 0.226. The molecule has 0 bridgehead atoms. The monoisotopic (exact) mass is 420 g/mol. The van der Waals surface area contributed by atoms with Crippen LogP contribution >= 0.6 is 23.2 Å². The van der Waals surface area contributed by atoms with Crippen LogP contribution in [0.25, 0.3) is 0 Å². The summed E-state index contributed by atoms with van der Waals surface area (Å²) in [5.41, 5.74) is 1.72. The second-order valence-electron chi connectivity index (χ2n) is 7.25. The summed E-state index contributed by atoms with van der Waals surface area (Å²) in [5, 5.41) is 3.78. The van der Waals surface area contributed by atoms with Gasteiger partial charge in [0.2, 0.25) is 11.8 Å². The van der Waals surface area contributed by atoms with Crippen molar-refractivity contribution in [3.63, 3.8) is 0 Å². The first-order chi connectivity index (χ1) is 13.3. The first-order valence-corrected chi connectivity index (χ1v) is 10.1. The summed E-state index contributed by atoms with van der Waals surface area (Å²) < 4.78 is 0. The maximum absolute atomic E-state index is 13.0. The third-order valence-electron chi connectivity index (χ3n) is 4.39. The molecule has 0 heterocycles. The molecule has 0 aliphatic rings. The second-order valence-corrected chi connectivity index (χ2v) is 8.06. The SMILES string of the molecule is CC(C)CNC(=O)[C@@H](C)N(Cc1ccc(Cl)c(Cl)c1)C(=O)Cc1ccccc1. The highest BCUT2D eigenvalue weighted by Gasteiger charge is 2.26. The molecular formula is C22H26Cl2N2O2. The van der Waals surface area contributed by atoms with Gasteiger partial charge in [0.1, 0.15) is 6.04 Å². The second kappa shape index (κ2) is 10.5. The van der Waals surface area contributed by atoms with Crippen LogP contribution < -0.4 is 5.32 Å². The third kappa shape index (κ3) is 6.54. The normalized spacial score (nSPS) is 11.9. The minimum Gasteiger partial charge on any atom is -0.354 e. The first kappa shape index (κ1) is 22.3. The van der Waals surface area contributed by atoms with Crippen LogP contribution in [0.5, 0.6) is 0 Å². The van der Waals surface area contributed by atoms with Crippen molar-refractivity contribution in [2.75, 3.05) is 6.54 Å². The fourth-order valence-electron chi connectivity index (χ4n) is 2.74. The summed E-state index contributed by atoms with van der Waals surface area (Å²) in [4.78, 5) is 27.2. The Kier molecular flexibility index (Phi) is 8.34. The number of nitrogens with zero attached hydrogens (tertiary/aromatic N) is 1. The van der Waals surface area contributed by atoms with Crippen LogP contribution in [0, 0.1) is 5.92 Å². The molecule has 0 unspecified atom stereocenters. The number of nitrogens with one attached hydrogen (secondary N) is 1. The summed E-state index contributed by atoms with van der Waals surface area (Å²) >= 11 is 12.1. The number of carbonyl (C=O) groups is 2. The Bertz CT molecular complexity index is 809. The zero-order valence-electron chi connectivity index (χ0n) is 16.4. The molecule has 4 nitrogen and oxygen atoms in total. The number of hydrogen-bond donors (Lipinski definition) is 1. The van der Waals surface area contributed by atoms with Crippen LogP contribution in [0.1, 0.15) is 31.9 Å². The maximum atomic E-state index is 13.0. The van der Waals surface area contributed by atoms with Crippen molar-refractivity contribution in [3.05, 3.63) is 69.7 Å². The van der Waals surface area contributed by atoms with Crippen LogP contribution in [0.2, 0.25) is 10.0 Å². The quantitative estimate of drug-likeness (QED) is 0.670. The first-order valence-electron chi connectivity index (χ1n) is 9.33. The van der Waals surface area contributed by atoms with E-state index in [0.717, 1.165) is 11.1 Å². The summed E-state index contributed by atoms with van der Waals surface area (Å²) in [6, 6.07) is 14.1. The Hall–Kier alpha value is -2.04. The van der Waals surface area contributed by atoms with Crippen molar-refractivity contribution in [3.8, 4) is 0 Å². The third-order valence-corrected chi connectivity index (χ3v) is 5.13. The van der Waals surface area contributed by atoms with E-state index in [1.165, 1.54) is 0 Å². The zero-order valence-corrected chi connectivity index (χ0v) is 17.9. The van der Waals surface area contributed by atoms with Crippen LogP contribution in [0.15, 0.2) is 48.5 Å². The number of rotatable bonds is 8. The fourth-order valence-corrected chi connectivity index (χ4v) is 3.06. The van der Waals surface area contributed by atoms with Gasteiger partial charge in [-0.25, -0.2) is 0 Å². The van der Waals surface area contributed by atoms with Gasteiger partial charge in [-0.05, 0) is 36.1 Å². The average molecular weight is 421 g/mol. The van der Waals surface area contributed by atoms with Gasteiger partial charge in [0, 0.05) is 13.1 Å². The number of carbonyl (C=O) groups excluding carboxylic acids is 2. The van der Waals surface area contributed by atoms with E-state index in [9.17, 15) is 9.59 Å². The van der Waals surface area contributed by atoms with E-state index >= 15 is 0 Å². The lowest BCUT2D eigenvalue weighted by Crippen LogP contribution is -2.48. The Balaban J connectivity index is 2.21. The Labute approximate surface area is 176 Å². The highest BCUT2D eigenvalue weighted by atomic mass is 35.5. The topological polar surface area (TPSA) is 49.4 Å². The molecule has 0 aliphatic heterocycles. The molecule has 0 fully saturated rings. The molecule has 1 N–H and O–H groups in total. The van der Waals surface area contributed by atoms with Gasteiger partial charge in [-0.3, -0.25) is 9.59 Å². The molecule has 0 saturated carbocycles. The van der Waals surface area contributed by atoms with Gasteiger partial charge >= 0.3 is 0 Å². The van der Waals surface area contributed by atoms with Gasteiger partial charge in [-0.15, -0.1) is 0 Å². The Morgan fingerprint density at radius 2 is 1.64 bits per heavy atom. The van der Waals surface area contributed by atoms with Crippen molar-refractivity contribution in [2.45, 2.75) is 39.8 Å². The molecule has 1 atom stereocenters. The molecule has 2 aromatic carbocycles. The molecule has 0 radical (unpaired) electrons. The fraction of sp³-hybridized carbons (Fsp3) is 0.364. The highest BCUT2D eigenvalue weighted by molar-refractivity contribution is 6.42. The zero-order chi connectivity index (χ0) is 20.7. The standard InChI is InChI=1S/C22H26Cl2N2O2/c1-15(2)13-25-22(28)16(3)26(14-18-9-10-19(23)20(24)11-18)21(27)12-17-7-5-4-6-8-17/h4-11,15-16H,12-14H2,1-3H3,(H,25,28)/t16-/m1/s1. The number of halogens is 2. The molecule has 2 aromatic rings. The van der Waals surface area contributed by atoms with Crippen molar-refractivity contribution in [1.29, 1.82) is 0 Å². The minimum absolute atomic E-state index is 0.121. The highest BCUT2D eigenvalue weighted by Crippen LogP contribution is 2.24. The molecule has 0 aliphatic carbocycles. The van der Waals surface area contributed by atoms with Crippen LogP contribution in [0.4, 0.5) is 0 Å². The number of amides is 2. The predicted octanol–water partition coefficient (Wildman–Crippen LogP) is 4.73. The predicted molar refractivity (Wildman–Crippen MR) is 114 cm³/mol. The largest absolute Gasteiger partial charge is 0.354 e. The summed E-state index contributed by atoms with van der Waals surface area (Å²) in [6.45, 7) is 6.64. The lowest BCUT2D eigenvalue weighted by atomic mass is 10.1. The van der Waals surface area contributed by atoms with E-state index in [1.807, 2.05) is 50.2 Å². The van der Waals surface area contributed by atoms with Gasteiger partial charge in [0.25, 0.3) is 0 Å². The van der Waals surface area contributed by atoms with E-state index in [1.54, 1.807) is 24.0 Å². The average Bonchev–Trinajstić information content (AvgIpc) is 2.67. The molecule has 2 amide bonds. The van der Waals surface area contributed by atoms with Crippen molar-refractivity contribution >= 4 is 35.0 Å². The maximum Gasteiger partial charge on any atom is 0.242 e. The van der Waals surface area contributed by atoms with Gasteiger partial charge < -0.3 is 10.2 Å². The Morgan fingerprint density at radius 3 is 2.25 bits per heavy atom. The van der Waals surface area contributed by atoms with Crippen LogP contribution in [-0.2, 0) is 22.6 Å². The lowest BCUT2D eigenvalue weighted by molar-refractivity contribution is -0.140. The minimum atomic E-state index is -0.607. The molecular weight excluding hydrogens is 395 g/mol. The lowest BCUT2D eigenvalue weighted by Gasteiger charge is -2.29. The smallest absolute Gasteiger partial charge is 0.242 e. The van der Waals surface area contributed by atoms with Gasteiger partial charge in [-0.1, -0.05) is 73.4 Å². The molecule has 150 valence electrons. The Morgan fingerprint density at radius 1 is 0.964 bits per heavy atom. The van der Waals surface area contributed by atoms with Crippen LogP contribution in [-0.4, -0.2) is 29.3 Å². The van der Waals surface area contributed by atoms with Crippen molar-refractivity contribution < 1.29 is 9.59 Å². The van der Waals surface area contributed by atoms with E-state index in [-0.39, 0.29) is 24.8 Å². The molecule has 0 aromatic heterocycles. The van der Waals surface area contributed by atoms with Gasteiger partial charge in [-0.2, -0.15) is 0 Å². The van der Waals surface area contributed by atoms with E-state index in [0.29, 0.717) is 22.5 Å². The van der Waals surface area contributed by atoms with Crippen molar-refractivity contribution in [1.82, 2.24) is 10.2 Å². The molecule has 0 spiro atoms.